The maximum absolute atomic E-state index is 12.0. The van der Waals surface area contributed by atoms with Crippen LogP contribution in [-0.2, 0) is 33.4 Å². The van der Waals surface area contributed by atoms with E-state index < -0.39 is 36.4 Å². The predicted octanol–water partition coefficient (Wildman–Crippen LogP) is 1.88. The summed E-state index contributed by atoms with van der Waals surface area (Å²) in [5.41, 5.74) is 0. The molecule has 0 spiro atoms. The van der Waals surface area contributed by atoms with Crippen LogP contribution in [0.4, 0.5) is 0 Å². The maximum Gasteiger partial charge on any atom is 0.348 e. The molecule has 0 radical (unpaired) electrons. The van der Waals surface area contributed by atoms with Gasteiger partial charge in [0.2, 0.25) is 6.10 Å². The number of hydrogen-bond donors (Lipinski definition) is 0. The molecule has 0 heterocycles. The van der Waals surface area contributed by atoms with E-state index in [9.17, 15) is 19.2 Å². The molecule has 24 heavy (non-hydrogen) atoms. The fourth-order valence-corrected chi connectivity index (χ4v) is 2.06. The Balaban J connectivity index is 4.81. The minimum atomic E-state index is -1.39. The van der Waals surface area contributed by atoms with Crippen LogP contribution < -0.4 is 0 Å². The van der Waals surface area contributed by atoms with Gasteiger partial charge in [-0.25, -0.2) is 4.79 Å². The van der Waals surface area contributed by atoms with Crippen molar-refractivity contribution in [1.29, 1.82) is 0 Å². The highest BCUT2D eigenvalue weighted by Gasteiger charge is 2.30. The molecule has 8 heteroatoms. The molecule has 0 amide bonds. The summed E-state index contributed by atoms with van der Waals surface area (Å²) in [6.45, 7) is 9.62. The van der Waals surface area contributed by atoms with Gasteiger partial charge in [0.25, 0.3) is 0 Å². The fraction of sp³-hybridized carbons (Fsp3) is 0.625. The third kappa shape index (κ3) is 10.0. The second kappa shape index (κ2) is 11.7. The lowest BCUT2D eigenvalue weighted by Crippen LogP contribution is -2.34. The zero-order valence-corrected chi connectivity index (χ0v) is 15.2. The minimum absolute atomic E-state index is 0.0676. The van der Waals surface area contributed by atoms with Crippen LogP contribution in [-0.4, -0.2) is 47.6 Å². The molecule has 0 aliphatic carbocycles. The van der Waals surface area contributed by atoms with Gasteiger partial charge in [-0.15, -0.1) is 0 Å². The maximum atomic E-state index is 12.0. The molecule has 0 saturated carbocycles. The standard InChI is InChI=1S/C16H24O7S/c1-6-7-21-16(20)13(8-14(18)22-10(2)3)23-15(19)11(4)9-24-12(5)17/h6,10-11,13H,1,7-9H2,2-5H3/t11-,13?/m1/s1. The average molecular weight is 360 g/mol. The quantitative estimate of drug-likeness (QED) is 0.331. The molecule has 1 unspecified atom stereocenters. The van der Waals surface area contributed by atoms with E-state index in [1.165, 1.54) is 13.0 Å². The third-order valence-electron chi connectivity index (χ3n) is 2.52. The summed E-state index contributed by atoms with van der Waals surface area (Å²) in [7, 11) is 0. The molecular weight excluding hydrogens is 336 g/mol. The van der Waals surface area contributed by atoms with Gasteiger partial charge in [-0.2, -0.15) is 0 Å². The molecular formula is C16H24O7S. The van der Waals surface area contributed by atoms with Gasteiger partial charge in [0.1, 0.15) is 6.61 Å². The first-order valence-electron chi connectivity index (χ1n) is 7.48. The van der Waals surface area contributed by atoms with Crippen molar-refractivity contribution in [2.75, 3.05) is 12.4 Å². The molecule has 0 saturated heterocycles. The van der Waals surface area contributed by atoms with Crippen LogP contribution in [0.3, 0.4) is 0 Å². The third-order valence-corrected chi connectivity index (χ3v) is 3.60. The van der Waals surface area contributed by atoms with E-state index in [0.717, 1.165) is 11.8 Å². The van der Waals surface area contributed by atoms with E-state index in [1.807, 2.05) is 0 Å². The Morgan fingerprint density at radius 2 is 1.71 bits per heavy atom. The highest BCUT2D eigenvalue weighted by molar-refractivity contribution is 8.13. The number of thioether (sulfide) groups is 1. The van der Waals surface area contributed by atoms with Crippen molar-refractivity contribution in [3.8, 4) is 0 Å². The number of ether oxygens (including phenoxy) is 3. The number of rotatable bonds is 10. The lowest BCUT2D eigenvalue weighted by Gasteiger charge is -2.18. The van der Waals surface area contributed by atoms with E-state index in [0.29, 0.717) is 0 Å². The van der Waals surface area contributed by atoms with Crippen molar-refractivity contribution >= 4 is 34.8 Å². The largest absolute Gasteiger partial charge is 0.463 e. The normalized spacial score (nSPS) is 12.9. The van der Waals surface area contributed by atoms with Crippen LogP contribution in [0.25, 0.3) is 0 Å². The Morgan fingerprint density at radius 3 is 2.21 bits per heavy atom. The highest BCUT2D eigenvalue weighted by atomic mass is 32.2. The van der Waals surface area contributed by atoms with Gasteiger partial charge in [0, 0.05) is 12.7 Å². The molecule has 0 aromatic rings. The summed E-state index contributed by atoms with van der Waals surface area (Å²) >= 11 is 0.979. The summed E-state index contributed by atoms with van der Waals surface area (Å²) in [6.07, 6.45) is -0.834. The number of hydrogen-bond acceptors (Lipinski definition) is 8. The Labute approximate surface area is 146 Å². The Morgan fingerprint density at radius 1 is 1.08 bits per heavy atom. The summed E-state index contributed by atoms with van der Waals surface area (Å²) in [5, 5.41) is -0.128. The van der Waals surface area contributed by atoms with Crippen molar-refractivity contribution in [1.82, 2.24) is 0 Å². The van der Waals surface area contributed by atoms with Gasteiger partial charge >= 0.3 is 17.9 Å². The van der Waals surface area contributed by atoms with E-state index in [-0.39, 0.29) is 23.6 Å². The molecule has 0 bridgehead atoms. The van der Waals surface area contributed by atoms with Crippen LogP contribution >= 0.6 is 11.8 Å². The average Bonchev–Trinajstić information content (AvgIpc) is 2.48. The van der Waals surface area contributed by atoms with Crippen molar-refractivity contribution in [3.63, 3.8) is 0 Å². The second-order valence-electron chi connectivity index (χ2n) is 5.29. The molecule has 0 fully saturated rings. The van der Waals surface area contributed by atoms with Gasteiger partial charge in [-0.05, 0) is 13.8 Å². The summed E-state index contributed by atoms with van der Waals surface area (Å²) in [4.78, 5) is 46.6. The van der Waals surface area contributed by atoms with Crippen molar-refractivity contribution in [3.05, 3.63) is 12.7 Å². The SMILES string of the molecule is C=CCOC(=O)C(CC(=O)OC(C)C)OC(=O)[C@H](C)CSC(C)=O. The number of esters is 3. The zero-order chi connectivity index (χ0) is 18.7. The van der Waals surface area contributed by atoms with Crippen LogP contribution in [0, 0.1) is 5.92 Å². The molecule has 0 aromatic heterocycles. The van der Waals surface area contributed by atoms with Crippen molar-refractivity contribution < 1.29 is 33.4 Å². The van der Waals surface area contributed by atoms with Gasteiger partial charge < -0.3 is 14.2 Å². The minimum Gasteiger partial charge on any atom is -0.463 e. The summed E-state index contributed by atoms with van der Waals surface area (Å²) in [5.74, 6) is -2.62. The van der Waals surface area contributed by atoms with E-state index in [1.54, 1.807) is 20.8 Å². The van der Waals surface area contributed by atoms with Crippen LogP contribution in [0.2, 0.25) is 0 Å². The Kier molecular flexibility index (Phi) is 10.8. The smallest absolute Gasteiger partial charge is 0.348 e. The van der Waals surface area contributed by atoms with E-state index >= 15 is 0 Å². The lowest BCUT2D eigenvalue weighted by atomic mass is 10.2. The van der Waals surface area contributed by atoms with Crippen molar-refractivity contribution in [2.24, 2.45) is 5.92 Å². The molecule has 0 rings (SSSR count). The topological polar surface area (TPSA) is 96.0 Å². The number of carbonyl (C=O) groups is 4. The van der Waals surface area contributed by atoms with E-state index in [4.69, 9.17) is 14.2 Å². The lowest BCUT2D eigenvalue weighted by molar-refractivity contribution is -0.173. The van der Waals surface area contributed by atoms with Crippen molar-refractivity contribution in [2.45, 2.75) is 46.3 Å². The first-order valence-corrected chi connectivity index (χ1v) is 8.46. The Bertz CT molecular complexity index is 473. The Hall–Kier alpha value is -1.83. The first-order chi connectivity index (χ1) is 11.2. The zero-order valence-electron chi connectivity index (χ0n) is 14.4. The molecule has 7 nitrogen and oxygen atoms in total. The van der Waals surface area contributed by atoms with Gasteiger partial charge in [0.15, 0.2) is 5.12 Å². The fourth-order valence-electron chi connectivity index (χ4n) is 1.44. The van der Waals surface area contributed by atoms with E-state index in [2.05, 4.69) is 6.58 Å². The summed E-state index contributed by atoms with van der Waals surface area (Å²) in [6, 6.07) is 0. The summed E-state index contributed by atoms with van der Waals surface area (Å²) < 4.78 is 14.9. The number of carbonyl (C=O) groups excluding carboxylic acids is 4. The molecule has 0 aliphatic rings. The first kappa shape index (κ1) is 22.2. The molecule has 0 aromatic carbocycles. The van der Waals surface area contributed by atoms with Gasteiger partial charge in [0.05, 0.1) is 18.4 Å². The molecule has 0 aliphatic heterocycles. The molecule has 2 atom stereocenters. The van der Waals surface area contributed by atoms with Gasteiger partial charge in [-0.1, -0.05) is 31.3 Å². The highest BCUT2D eigenvalue weighted by Crippen LogP contribution is 2.14. The molecule has 136 valence electrons. The second-order valence-corrected chi connectivity index (χ2v) is 6.49. The van der Waals surface area contributed by atoms with Crippen LogP contribution in [0.5, 0.6) is 0 Å². The predicted molar refractivity (Wildman–Crippen MR) is 89.2 cm³/mol. The van der Waals surface area contributed by atoms with Crippen LogP contribution in [0.15, 0.2) is 12.7 Å². The van der Waals surface area contributed by atoms with Gasteiger partial charge in [-0.3, -0.25) is 14.4 Å². The monoisotopic (exact) mass is 360 g/mol. The van der Waals surface area contributed by atoms with Crippen LogP contribution in [0.1, 0.15) is 34.1 Å². The molecule has 0 N–H and O–H groups in total.